The third kappa shape index (κ3) is 4.26. The third-order valence-electron chi connectivity index (χ3n) is 3.12. The average molecular weight is 289 g/mol. The summed E-state index contributed by atoms with van der Waals surface area (Å²) in [6.45, 7) is 5.93. The number of aryl methyl sites for hydroxylation is 1. The van der Waals surface area contributed by atoms with E-state index in [-0.39, 0.29) is 0 Å². The molecule has 1 aromatic carbocycles. The van der Waals surface area contributed by atoms with Gasteiger partial charge in [0.05, 0.1) is 13.2 Å². The summed E-state index contributed by atoms with van der Waals surface area (Å²) < 4.78 is 17.2. The summed E-state index contributed by atoms with van der Waals surface area (Å²) in [5.41, 5.74) is 1.06. The first-order valence-electron chi connectivity index (χ1n) is 7.32. The third-order valence-corrected chi connectivity index (χ3v) is 3.12. The van der Waals surface area contributed by atoms with E-state index in [0.29, 0.717) is 13.2 Å². The fourth-order valence-corrected chi connectivity index (χ4v) is 2.05. The number of rotatable bonds is 8. The van der Waals surface area contributed by atoms with Crippen LogP contribution in [0.15, 0.2) is 34.7 Å². The Kier molecular flexibility index (Phi) is 5.69. The summed E-state index contributed by atoms with van der Waals surface area (Å²) in [6.07, 6.45) is 0.975. The zero-order valence-corrected chi connectivity index (χ0v) is 12.9. The van der Waals surface area contributed by atoms with E-state index in [9.17, 15) is 0 Å². The Bertz CT molecular complexity index is 563. The molecule has 114 valence electrons. The van der Waals surface area contributed by atoms with Crippen LogP contribution < -0.4 is 14.8 Å². The van der Waals surface area contributed by atoms with Crippen LogP contribution in [-0.4, -0.2) is 13.7 Å². The van der Waals surface area contributed by atoms with Gasteiger partial charge in [0.25, 0.3) is 0 Å². The summed E-state index contributed by atoms with van der Waals surface area (Å²) >= 11 is 0. The highest BCUT2D eigenvalue weighted by Crippen LogP contribution is 2.28. The summed E-state index contributed by atoms with van der Waals surface area (Å²) in [5.74, 6) is 3.37. The van der Waals surface area contributed by atoms with E-state index in [0.717, 1.165) is 41.5 Å². The standard InChI is InChI=1S/C17H23NO3/c1-4-9-19-16-7-5-6-8-17(16)20-12-14-10-15(11-18-3)21-13(14)2/h5-8,10,18H,4,9,11-12H2,1-3H3. The molecule has 4 heteroatoms. The van der Waals surface area contributed by atoms with Crippen LogP contribution in [0.4, 0.5) is 0 Å². The molecule has 0 fully saturated rings. The van der Waals surface area contributed by atoms with Crippen molar-refractivity contribution in [2.45, 2.75) is 33.4 Å². The molecular formula is C17H23NO3. The van der Waals surface area contributed by atoms with E-state index in [1.165, 1.54) is 0 Å². The van der Waals surface area contributed by atoms with Crippen LogP contribution in [0, 0.1) is 6.92 Å². The molecule has 1 heterocycles. The van der Waals surface area contributed by atoms with Crippen LogP contribution in [0.1, 0.15) is 30.4 Å². The quantitative estimate of drug-likeness (QED) is 0.805. The lowest BCUT2D eigenvalue weighted by atomic mass is 10.2. The van der Waals surface area contributed by atoms with Gasteiger partial charge in [0.15, 0.2) is 11.5 Å². The van der Waals surface area contributed by atoms with E-state index >= 15 is 0 Å². The van der Waals surface area contributed by atoms with E-state index < -0.39 is 0 Å². The largest absolute Gasteiger partial charge is 0.490 e. The Hall–Kier alpha value is -1.94. The molecular weight excluding hydrogens is 266 g/mol. The molecule has 0 aliphatic heterocycles. The van der Waals surface area contributed by atoms with Crippen molar-refractivity contribution in [1.82, 2.24) is 5.32 Å². The minimum atomic E-state index is 0.478. The predicted molar refractivity (Wildman–Crippen MR) is 82.8 cm³/mol. The van der Waals surface area contributed by atoms with E-state index in [2.05, 4.69) is 12.2 Å². The van der Waals surface area contributed by atoms with Gasteiger partial charge in [-0.05, 0) is 38.6 Å². The van der Waals surface area contributed by atoms with Crippen molar-refractivity contribution in [3.05, 3.63) is 47.4 Å². The van der Waals surface area contributed by atoms with Gasteiger partial charge in [-0.2, -0.15) is 0 Å². The monoisotopic (exact) mass is 289 g/mol. The zero-order valence-electron chi connectivity index (χ0n) is 12.9. The molecule has 2 aromatic rings. The van der Waals surface area contributed by atoms with Gasteiger partial charge in [0.2, 0.25) is 0 Å². The van der Waals surface area contributed by atoms with Crippen LogP contribution in [-0.2, 0) is 13.2 Å². The minimum absolute atomic E-state index is 0.478. The predicted octanol–water partition coefficient (Wildman–Crippen LogP) is 3.68. The lowest BCUT2D eigenvalue weighted by molar-refractivity contribution is 0.260. The summed E-state index contributed by atoms with van der Waals surface area (Å²) in [7, 11) is 1.90. The van der Waals surface area contributed by atoms with Crippen molar-refractivity contribution in [2.75, 3.05) is 13.7 Å². The number of para-hydroxylation sites is 2. The van der Waals surface area contributed by atoms with Crippen molar-refractivity contribution in [3.8, 4) is 11.5 Å². The smallest absolute Gasteiger partial charge is 0.161 e. The molecule has 0 aliphatic carbocycles. The van der Waals surface area contributed by atoms with Crippen molar-refractivity contribution in [3.63, 3.8) is 0 Å². The molecule has 0 amide bonds. The maximum Gasteiger partial charge on any atom is 0.161 e. The summed E-state index contributed by atoms with van der Waals surface area (Å²) in [4.78, 5) is 0. The van der Waals surface area contributed by atoms with Gasteiger partial charge in [-0.1, -0.05) is 19.1 Å². The van der Waals surface area contributed by atoms with Crippen molar-refractivity contribution < 1.29 is 13.9 Å². The Labute approximate surface area is 126 Å². The fraction of sp³-hybridized carbons (Fsp3) is 0.412. The highest BCUT2D eigenvalue weighted by Gasteiger charge is 2.09. The number of hydrogen-bond donors (Lipinski definition) is 1. The molecule has 0 atom stereocenters. The lowest BCUT2D eigenvalue weighted by Gasteiger charge is -2.11. The molecule has 0 saturated heterocycles. The molecule has 0 aliphatic rings. The molecule has 0 radical (unpaired) electrons. The minimum Gasteiger partial charge on any atom is -0.490 e. The average Bonchev–Trinajstić information content (AvgIpc) is 2.84. The SMILES string of the molecule is CCCOc1ccccc1OCc1cc(CNC)oc1C. The molecule has 1 aromatic heterocycles. The van der Waals surface area contributed by atoms with Gasteiger partial charge in [-0.15, -0.1) is 0 Å². The van der Waals surface area contributed by atoms with Crippen molar-refractivity contribution in [1.29, 1.82) is 0 Å². The highest BCUT2D eigenvalue weighted by molar-refractivity contribution is 5.39. The van der Waals surface area contributed by atoms with E-state index in [1.54, 1.807) is 0 Å². The number of nitrogens with one attached hydrogen (secondary N) is 1. The highest BCUT2D eigenvalue weighted by atomic mass is 16.5. The van der Waals surface area contributed by atoms with Crippen molar-refractivity contribution >= 4 is 0 Å². The first-order valence-corrected chi connectivity index (χ1v) is 7.32. The van der Waals surface area contributed by atoms with Gasteiger partial charge in [0.1, 0.15) is 18.1 Å². The van der Waals surface area contributed by atoms with Crippen LogP contribution in [0.3, 0.4) is 0 Å². The molecule has 0 unspecified atom stereocenters. The van der Waals surface area contributed by atoms with Crippen LogP contribution in [0.5, 0.6) is 11.5 Å². The first-order chi connectivity index (χ1) is 10.2. The molecule has 0 spiro atoms. The van der Waals surface area contributed by atoms with Gasteiger partial charge >= 0.3 is 0 Å². The molecule has 0 saturated carbocycles. The topological polar surface area (TPSA) is 43.6 Å². The number of benzene rings is 1. The molecule has 21 heavy (non-hydrogen) atoms. The van der Waals surface area contributed by atoms with Gasteiger partial charge < -0.3 is 19.2 Å². The number of furan rings is 1. The van der Waals surface area contributed by atoms with Crippen LogP contribution in [0.25, 0.3) is 0 Å². The number of hydrogen-bond acceptors (Lipinski definition) is 4. The molecule has 2 rings (SSSR count). The second kappa shape index (κ2) is 7.74. The maximum atomic E-state index is 5.89. The van der Waals surface area contributed by atoms with E-state index in [1.807, 2.05) is 44.3 Å². The van der Waals surface area contributed by atoms with E-state index in [4.69, 9.17) is 13.9 Å². The Morgan fingerprint density at radius 2 is 1.86 bits per heavy atom. The molecule has 4 nitrogen and oxygen atoms in total. The Morgan fingerprint density at radius 3 is 2.52 bits per heavy atom. The number of ether oxygens (including phenoxy) is 2. The second-order valence-corrected chi connectivity index (χ2v) is 4.91. The second-order valence-electron chi connectivity index (χ2n) is 4.91. The van der Waals surface area contributed by atoms with Crippen LogP contribution >= 0.6 is 0 Å². The Morgan fingerprint density at radius 1 is 1.14 bits per heavy atom. The summed E-state index contributed by atoms with van der Waals surface area (Å²) in [6, 6.07) is 9.78. The maximum absolute atomic E-state index is 5.89. The van der Waals surface area contributed by atoms with Gasteiger partial charge in [-0.25, -0.2) is 0 Å². The molecule has 0 bridgehead atoms. The Balaban J connectivity index is 2.02. The zero-order chi connectivity index (χ0) is 15.1. The van der Waals surface area contributed by atoms with Gasteiger partial charge in [0, 0.05) is 5.56 Å². The normalized spacial score (nSPS) is 10.6. The molecule has 1 N–H and O–H groups in total. The lowest BCUT2D eigenvalue weighted by Crippen LogP contribution is -2.03. The van der Waals surface area contributed by atoms with Crippen molar-refractivity contribution in [2.24, 2.45) is 0 Å². The van der Waals surface area contributed by atoms with Crippen LogP contribution in [0.2, 0.25) is 0 Å². The summed E-state index contributed by atoms with van der Waals surface area (Å²) in [5, 5.41) is 3.08. The first kappa shape index (κ1) is 15.4. The fourth-order valence-electron chi connectivity index (χ4n) is 2.05. The van der Waals surface area contributed by atoms with Gasteiger partial charge in [-0.3, -0.25) is 0 Å².